The number of benzene rings is 2. The van der Waals surface area contributed by atoms with Crippen LogP contribution in [-0.4, -0.2) is 36.4 Å². The van der Waals surface area contributed by atoms with Crippen LogP contribution in [0.3, 0.4) is 0 Å². The lowest BCUT2D eigenvalue weighted by atomic mass is 9.98. The molecule has 0 fully saturated rings. The third-order valence-corrected chi connectivity index (χ3v) is 5.91. The van der Waals surface area contributed by atoms with Crippen LogP contribution in [0, 0.1) is 0 Å². The maximum Gasteiger partial charge on any atom is 0.164 e. The molecule has 0 bridgehead atoms. The van der Waals surface area contributed by atoms with Crippen molar-refractivity contribution >= 4 is 27.8 Å². The molecule has 0 unspecified atom stereocenters. The van der Waals surface area contributed by atoms with Crippen LogP contribution in [0.1, 0.15) is 16.7 Å². The van der Waals surface area contributed by atoms with Crippen molar-refractivity contribution in [3.8, 4) is 17.1 Å². The Balaban J connectivity index is 1.47. The highest BCUT2D eigenvalue weighted by molar-refractivity contribution is 6.00. The SMILES string of the molecule is Nc1ncnc2c1c(-c1cc3cc(O)ccc3[nH]1)nn2Cc1ccc2c(c1)CCNC2. The number of nitrogens with two attached hydrogens (primary N) is 1. The van der Waals surface area contributed by atoms with Gasteiger partial charge in [-0.25, -0.2) is 14.6 Å². The van der Waals surface area contributed by atoms with Gasteiger partial charge >= 0.3 is 0 Å². The summed E-state index contributed by atoms with van der Waals surface area (Å²) in [5.74, 6) is 0.614. The van der Waals surface area contributed by atoms with Crippen LogP contribution in [-0.2, 0) is 19.5 Å². The maximum atomic E-state index is 9.80. The van der Waals surface area contributed by atoms with Crippen LogP contribution in [0.5, 0.6) is 5.75 Å². The van der Waals surface area contributed by atoms with Crippen LogP contribution in [0.4, 0.5) is 5.82 Å². The molecular formula is C23H21N7O. The van der Waals surface area contributed by atoms with E-state index in [0.717, 1.165) is 41.5 Å². The van der Waals surface area contributed by atoms with Gasteiger partial charge in [0.1, 0.15) is 23.6 Å². The predicted octanol–water partition coefficient (Wildman–Crippen LogP) is 2.96. The molecule has 4 heterocycles. The molecule has 31 heavy (non-hydrogen) atoms. The lowest BCUT2D eigenvalue weighted by molar-refractivity contribution is 0.476. The largest absolute Gasteiger partial charge is 0.508 e. The number of fused-ring (bicyclic) bond motifs is 3. The van der Waals surface area contributed by atoms with Crippen LogP contribution in [0.2, 0.25) is 0 Å². The highest BCUT2D eigenvalue weighted by Gasteiger charge is 2.19. The van der Waals surface area contributed by atoms with Crippen molar-refractivity contribution in [2.24, 2.45) is 0 Å². The number of aromatic hydroxyl groups is 1. The number of hydrogen-bond acceptors (Lipinski definition) is 6. The highest BCUT2D eigenvalue weighted by atomic mass is 16.3. The van der Waals surface area contributed by atoms with E-state index in [2.05, 4.69) is 38.5 Å². The summed E-state index contributed by atoms with van der Waals surface area (Å²) in [5.41, 5.74) is 13.3. The lowest BCUT2D eigenvalue weighted by Gasteiger charge is -2.17. The van der Waals surface area contributed by atoms with Crippen molar-refractivity contribution in [2.45, 2.75) is 19.5 Å². The summed E-state index contributed by atoms with van der Waals surface area (Å²) in [6.07, 6.45) is 2.51. The van der Waals surface area contributed by atoms with Gasteiger partial charge in [-0.15, -0.1) is 0 Å². The Bertz CT molecular complexity index is 1450. The monoisotopic (exact) mass is 411 g/mol. The van der Waals surface area contributed by atoms with Crippen molar-refractivity contribution in [3.05, 3.63) is 65.5 Å². The summed E-state index contributed by atoms with van der Waals surface area (Å²) in [6, 6.07) is 13.8. The van der Waals surface area contributed by atoms with Crippen LogP contribution >= 0.6 is 0 Å². The van der Waals surface area contributed by atoms with E-state index in [1.54, 1.807) is 12.1 Å². The van der Waals surface area contributed by atoms with Crippen LogP contribution in [0.15, 0.2) is 48.8 Å². The van der Waals surface area contributed by atoms with Gasteiger partial charge < -0.3 is 21.1 Å². The number of nitrogens with zero attached hydrogens (tertiary/aromatic N) is 4. The molecule has 2 aromatic carbocycles. The Kier molecular flexibility index (Phi) is 3.94. The van der Waals surface area contributed by atoms with E-state index < -0.39 is 0 Å². The van der Waals surface area contributed by atoms with E-state index in [-0.39, 0.29) is 5.75 Å². The number of phenols is 1. The van der Waals surface area contributed by atoms with Gasteiger partial charge in [-0.1, -0.05) is 18.2 Å². The molecule has 1 aliphatic heterocycles. The number of nitrogens with one attached hydrogen (secondary N) is 2. The van der Waals surface area contributed by atoms with E-state index in [4.69, 9.17) is 10.8 Å². The van der Waals surface area contributed by atoms with Crippen molar-refractivity contribution in [3.63, 3.8) is 0 Å². The molecular weight excluding hydrogens is 390 g/mol. The molecule has 8 nitrogen and oxygen atoms in total. The fraction of sp³-hybridized carbons (Fsp3) is 0.174. The Labute approximate surface area is 177 Å². The predicted molar refractivity (Wildman–Crippen MR) is 120 cm³/mol. The van der Waals surface area contributed by atoms with Gasteiger partial charge in [0.2, 0.25) is 0 Å². The molecule has 0 radical (unpaired) electrons. The number of H-pyrrole nitrogens is 1. The molecule has 3 aromatic heterocycles. The summed E-state index contributed by atoms with van der Waals surface area (Å²) in [6.45, 7) is 2.52. The highest BCUT2D eigenvalue weighted by Crippen LogP contribution is 2.33. The minimum atomic E-state index is 0.221. The second kappa shape index (κ2) is 6.82. The number of rotatable bonds is 3. The normalized spacial score (nSPS) is 13.7. The lowest BCUT2D eigenvalue weighted by Crippen LogP contribution is -2.23. The zero-order valence-electron chi connectivity index (χ0n) is 16.8. The van der Waals surface area contributed by atoms with Gasteiger partial charge in [0.15, 0.2) is 5.65 Å². The molecule has 0 saturated heterocycles. The fourth-order valence-electron chi connectivity index (χ4n) is 4.38. The maximum absolute atomic E-state index is 9.80. The number of aromatic nitrogens is 5. The third-order valence-electron chi connectivity index (χ3n) is 5.91. The standard InChI is InChI=1S/C23H21N7O/c24-22-20-21(19-9-16-8-17(31)3-4-18(16)28-19)29-30(23(20)27-12-26-22)11-13-1-2-15-10-25-6-5-14(15)7-13/h1-4,7-9,12,25,28,31H,5-6,10-11H2,(H2,24,26,27). The van der Waals surface area contributed by atoms with Crippen molar-refractivity contribution in [1.82, 2.24) is 30.0 Å². The van der Waals surface area contributed by atoms with Crippen molar-refractivity contribution in [1.29, 1.82) is 0 Å². The van der Waals surface area contributed by atoms with E-state index in [1.165, 1.54) is 23.0 Å². The Hall–Kier alpha value is -3.91. The Morgan fingerprint density at radius 3 is 2.94 bits per heavy atom. The smallest absolute Gasteiger partial charge is 0.164 e. The molecule has 0 saturated carbocycles. The number of aromatic amines is 1. The zero-order chi connectivity index (χ0) is 20.9. The van der Waals surface area contributed by atoms with Crippen LogP contribution in [0.25, 0.3) is 33.3 Å². The van der Waals surface area contributed by atoms with Crippen molar-refractivity contribution in [2.75, 3.05) is 12.3 Å². The molecule has 0 spiro atoms. The number of hydrogen-bond donors (Lipinski definition) is 4. The average molecular weight is 411 g/mol. The molecule has 1 aliphatic rings. The van der Waals surface area contributed by atoms with E-state index >= 15 is 0 Å². The summed E-state index contributed by atoms with van der Waals surface area (Å²) in [4.78, 5) is 12.0. The topological polar surface area (TPSA) is 118 Å². The fourth-order valence-corrected chi connectivity index (χ4v) is 4.38. The van der Waals surface area contributed by atoms with Gasteiger partial charge in [0.25, 0.3) is 0 Å². The van der Waals surface area contributed by atoms with Gasteiger partial charge in [-0.3, -0.25) is 0 Å². The first kappa shape index (κ1) is 17.9. The first-order chi connectivity index (χ1) is 15.2. The van der Waals surface area contributed by atoms with Gasteiger partial charge in [-0.2, -0.15) is 5.10 Å². The zero-order valence-corrected chi connectivity index (χ0v) is 16.8. The summed E-state index contributed by atoms with van der Waals surface area (Å²) < 4.78 is 1.88. The van der Waals surface area contributed by atoms with Crippen molar-refractivity contribution < 1.29 is 5.11 Å². The van der Waals surface area contributed by atoms with Gasteiger partial charge in [0, 0.05) is 17.4 Å². The van der Waals surface area contributed by atoms with E-state index in [1.807, 2.05) is 16.8 Å². The third kappa shape index (κ3) is 3.00. The molecule has 6 rings (SSSR count). The second-order valence-electron chi connectivity index (χ2n) is 7.95. The van der Waals surface area contributed by atoms with E-state index in [0.29, 0.717) is 23.7 Å². The molecule has 5 aromatic rings. The Morgan fingerprint density at radius 1 is 1.06 bits per heavy atom. The molecule has 0 amide bonds. The summed E-state index contributed by atoms with van der Waals surface area (Å²) >= 11 is 0. The molecule has 5 N–H and O–H groups in total. The number of nitrogen functional groups attached to an aromatic ring is 1. The first-order valence-corrected chi connectivity index (χ1v) is 10.3. The molecule has 154 valence electrons. The molecule has 8 heteroatoms. The minimum Gasteiger partial charge on any atom is -0.508 e. The second-order valence-corrected chi connectivity index (χ2v) is 7.95. The molecule has 0 atom stereocenters. The molecule has 0 aliphatic carbocycles. The van der Waals surface area contributed by atoms with E-state index in [9.17, 15) is 5.11 Å². The first-order valence-electron chi connectivity index (χ1n) is 10.3. The average Bonchev–Trinajstić information content (AvgIpc) is 3.35. The van der Waals surface area contributed by atoms with Crippen LogP contribution < -0.4 is 11.1 Å². The number of anilines is 1. The van der Waals surface area contributed by atoms with Gasteiger partial charge in [-0.05, 0) is 53.9 Å². The summed E-state index contributed by atoms with van der Waals surface area (Å²) in [5, 5.41) is 19.7. The Morgan fingerprint density at radius 2 is 2.00 bits per heavy atom. The minimum absolute atomic E-state index is 0.221. The number of phenolic OH excluding ortho intramolecular Hbond substituents is 1. The quantitative estimate of drug-likeness (QED) is 0.363. The van der Waals surface area contributed by atoms with Gasteiger partial charge in [0.05, 0.1) is 17.6 Å². The summed E-state index contributed by atoms with van der Waals surface area (Å²) in [7, 11) is 0.